The zero-order valence-corrected chi connectivity index (χ0v) is 19.4. The molecule has 0 unspecified atom stereocenters. The molecule has 1 aliphatic rings. The Bertz CT molecular complexity index is 1240. The van der Waals surface area contributed by atoms with Crippen LogP contribution in [0, 0.1) is 11.6 Å². The molecule has 0 bridgehead atoms. The summed E-state index contributed by atoms with van der Waals surface area (Å²) in [6.45, 7) is 0. The molecule has 1 heterocycles. The van der Waals surface area contributed by atoms with Crippen molar-refractivity contribution in [2.75, 3.05) is 10.6 Å². The number of carbonyl (C=O) groups excluding carboxylic acids is 3. The van der Waals surface area contributed by atoms with Crippen LogP contribution in [0.25, 0.3) is 0 Å². The number of hydrogen-bond donors (Lipinski definition) is 3. The van der Waals surface area contributed by atoms with Crippen LogP contribution in [0.3, 0.4) is 0 Å². The molecule has 0 saturated heterocycles. The molecule has 1 aromatic heterocycles. The minimum Gasteiger partial charge on any atom is -0.395 e. The summed E-state index contributed by atoms with van der Waals surface area (Å²) in [6, 6.07) is 8.87. The van der Waals surface area contributed by atoms with Crippen molar-refractivity contribution < 1.29 is 23.2 Å². The lowest BCUT2D eigenvalue weighted by atomic mass is 10.0. The van der Waals surface area contributed by atoms with Gasteiger partial charge in [0.05, 0.1) is 5.69 Å². The molecule has 1 saturated carbocycles. The predicted molar refractivity (Wildman–Crippen MR) is 128 cm³/mol. The SMILES string of the molecule is NC(=O)c1nsc(C(=O)N(c2ccc(F)cc2)[C@H](C(=O)NC2CCCC2)c2ccc(F)cc2)c1N. The van der Waals surface area contributed by atoms with E-state index in [0.717, 1.165) is 42.7 Å². The number of halogens is 2. The van der Waals surface area contributed by atoms with Crippen molar-refractivity contribution in [3.05, 3.63) is 76.3 Å². The molecule has 0 aliphatic heterocycles. The van der Waals surface area contributed by atoms with Gasteiger partial charge in [0.2, 0.25) is 5.91 Å². The molecule has 0 radical (unpaired) electrons. The van der Waals surface area contributed by atoms with Crippen molar-refractivity contribution in [2.24, 2.45) is 5.73 Å². The average Bonchev–Trinajstić information content (AvgIpc) is 3.48. The van der Waals surface area contributed by atoms with Crippen LogP contribution in [-0.4, -0.2) is 28.1 Å². The highest BCUT2D eigenvalue weighted by atomic mass is 32.1. The van der Waals surface area contributed by atoms with E-state index in [-0.39, 0.29) is 28.0 Å². The molecule has 3 amide bonds. The van der Waals surface area contributed by atoms with Gasteiger partial charge in [-0.1, -0.05) is 25.0 Å². The molecular formula is C24H23F2N5O3S. The summed E-state index contributed by atoms with van der Waals surface area (Å²) in [6.07, 6.45) is 3.55. The number of amides is 3. The Labute approximate surface area is 204 Å². The lowest BCUT2D eigenvalue weighted by Gasteiger charge is -2.32. The third-order valence-electron chi connectivity index (χ3n) is 5.87. The van der Waals surface area contributed by atoms with E-state index in [1.165, 1.54) is 36.4 Å². The van der Waals surface area contributed by atoms with Gasteiger partial charge in [-0.2, -0.15) is 4.37 Å². The van der Waals surface area contributed by atoms with Gasteiger partial charge >= 0.3 is 0 Å². The van der Waals surface area contributed by atoms with E-state index in [9.17, 15) is 23.2 Å². The van der Waals surface area contributed by atoms with Gasteiger partial charge in [0.25, 0.3) is 11.8 Å². The van der Waals surface area contributed by atoms with Gasteiger partial charge in [-0.3, -0.25) is 19.3 Å². The first-order valence-electron chi connectivity index (χ1n) is 11.0. The van der Waals surface area contributed by atoms with Crippen LogP contribution < -0.4 is 21.7 Å². The number of rotatable bonds is 7. The quantitative estimate of drug-likeness (QED) is 0.458. The summed E-state index contributed by atoms with van der Waals surface area (Å²) in [7, 11) is 0. The molecule has 1 aliphatic carbocycles. The van der Waals surface area contributed by atoms with Crippen molar-refractivity contribution in [1.82, 2.24) is 9.69 Å². The third-order valence-corrected chi connectivity index (χ3v) is 6.72. The first-order chi connectivity index (χ1) is 16.8. The van der Waals surface area contributed by atoms with E-state index in [1.807, 2.05) is 0 Å². The number of nitrogens with zero attached hydrogens (tertiary/aromatic N) is 2. The zero-order valence-electron chi connectivity index (χ0n) is 18.5. The second-order valence-corrected chi connectivity index (χ2v) is 9.01. The lowest BCUT2D eigenvalue weighted by molar-refractivity contribution is -0.123. The minimum atomic E-state index is -1.24. The molecular weight excluding hydrogens is 476 g/mol. The summed E-state index contributed by atoms with van der Waals surface area (Å²) in [4.78, 5) is 40.1. The number of anilines is 2. The molecule has 182 valence electrons. The van der Waals surface area contributed by atoms with Gasteiger partial charge in [0.15, 0.2) is 5.69 Å². The lowest BCUT2D eigenvalue weighted by Crippen LogP contribution is -2.46. The average molecular weight is 500 g/mol. The number of hydrogen-bond acceptors (Lipinski definition) is 6. The van der Waals surface area contributed by atoms with Gasteiger partial charge in [-0.25, -0.2) is 8.78 Å². The van der Waals surface area contributed by atoms with Crippen LogP contribution >= 0.6 is 11.5 Å². The molecule has 35 heavy (non-hydrogen) atoms. The Hall–Kier alpha value is -3.86. The van der Waals surface area contributed by atoms with Crippen LogP contribution in [0.15, 0.2) is 48.5 Å². The standard InChI is InChI=1S/C24H23F2N5O3S/c25-14-7-5-13(6-8-14)20(23(33)29-16-3-1-2-4-16)31(17-11-9-15(26)10-12-17)24(34)21-18(27)19(22(28)32)30-35-21/h5-12,16,20H,1-4,27H2,(H2,28,32)(H,29,33)/t20-/m0/s1. The summed E-state index contributed by atoms with van der Waals surface area (Å²) < 4.78 is 31.3. The summed E-state index contributed by atoms with van der Waals surface area (Å²) in [5.74, 6) is -3.18. The zero-order chi connectivity index (χ0) is 25.1. The topological polar surface area (TPSA) is 131 Å². The molecule has 3 aromatic rings. The maximum absolute atomic E-state index is 13.8. The van der Waals surface area contributed by atoms with E-state index < -0.39 is 35.4 Å². The largest absolute Gasteiger partial charge is 0.395 e. The van der Waals surface area contributed by atoms with Crippen LogP contribution in [0.2, 0.25) is 0 Å². The molecule has 4 rings (SSSR count). The fraction of sp³-hybridized carbons (Fsp3) is 0.250. The molecule has 8 nitrogen and oxygen atoms in total. The summed E-state index contributed by atoms with van der Waals surface area (Å²) in [5.41, 5.74) is 11.4. The second kappa shape index (κ2) is 10.2. The fourth-order valence-electron chi connectivity index (χ4n) is 4.14. The van der Waals surface area contributed by atoms with Crippen LogP contribution in [-0.2, 0) is 4.79 Å². The van der Waals surface area contributed by atoms with Crippen molar-refractivity contribution in [3.63, 3.8) is 0 Å². The number of nitrogens with one attached hydrogen (secondary N) is 1. The Morgan fingerprint density at radius 2 is 1.57 bits per heavy atom. The normalized spacial score (nSPS) is 14.5. The number of primary amides is 1. The highest BCUT2D eigenvalue weighted by molar-refractivity contribution is 7.09. The molecule has 1 fully saturated rings. The van der Waals surface area contributed by atoms with Crippen molar-refractivity contribution >= 4 is 40.6 Å². The van der Waals surface area contributed by atoms with Crippen LogP contribution in [0.5, 0.6) is 0 Å². The number of nitrogen functional groups attached to an aromatic ring is 1. The first-order valence-corrected chi connectivity index (χ1v) is 11.7. The molecule has 11 heteroatoms. The third kappa shape index (κ3) is 5.14. The predicted octanol–water partition coefficient (Wildman–Crippen LogP) is 3.55. The Balaban J connectivity index is 1.84. The summed E-state index contributed by atoms with van der Waals surface area (Å²) >= 11 is 0.666. The number of carbonyl (C=O) groups is 3. The maximum Gasteiger partial charge on any atom is 0.273 e. The van der Waals surface area contributed by atoms with Gasteiger partial charge in [0.1, 0.15) is 22.6 Å². The van der Waals surface area contributed by atoms with E-state index in [1.54, 1.807) is 0 Å². The van der Waals surface area contributed by atoms with Gasteiger partial charge in [-0.15, -0.1) is 0 Å². The van der Waals surface area contributed by atoms with E-state index in [2.05, 4.69) is 9.69 Å². The van der Waals surface area contributed by atoms with E-state index >= 15 is 0 Å². The molecule has 5 N–H and O–H groups in total. The maximum atomic E-state index is 13.8. The van der Waals surface area contributed by atoms with Gasteiger partial charge in [0, 0.05) is 11.7 Å². The smallest absolute Gasteiger partial charge is 0.273 e. The molecule has 0 spiro atoms. The van der Waals surface area contributed by atoms with E-state index in [0.29, 0.717) is 17.1 Å². The fourth-order valence-corrected chi connectivity index (χ4v) is 4.88. The number of benzene rings is 2. The minimum absolute atomic E-state index is 0.0643. The summed E-state index contributed by atoms with van der Waals surface area (Å²) in [5, 5.41) is 2.98. The highest BCUT2D eigenvalue weighted by Gasteiger charge is 2.37. The first kappa shape index (κ1) is 24.3. The number of nitrogens with two attached hydrogens (primary N) is 2. The van der Waals surface area contributed by atoms with Crippen LogP contribution in [0.1, 0.15) is 57.4 Å². The monoisotopic (exact) mass is 499 g/mol. The van der Waals surface area contributed by atoms with E-state index in [4.69, 9.17) is 11.5 Å². The van der Waals surface area contributed by atoms with Crippen LogP contribution in [0.4, 0.5) is 20.2 Å². The highest BCUT2D eigenvalue weighted by Crippen LogP contribution is 2.34. The number of aromatic nitrogens is 1. The Morgan fingerprint density at radius 1 is 1.00 bits per heavy atom. The molecule has 1 atom stereocenters. The second-order valence-electron chi connectivity index (χ2n) is 8.23. The van der Waals surface area contributed by atoms with Gasteiger partial charge in [-0.05, 0) is 66.3 Å². The Morgan fingerprint density at radius 3 is 2.11 bits per heavy atom. The van der Waals surface area contributed by atoms with Gasteiger partial charge < -0.3 is 16.8 Å². The molecule has 2 aromatic carbocycles. The van der Waals surface area contributed by atoms with Crippen molar-refractivity contribution in [2.45, 2.75) is 37.8 Å². The Kier molecular flexibility index (Phi) is 7.06. The van der Waals surface area contributed by atoms with Crippen molar-refractivity contribution in [3.8, 4) is 0 Å². The van der Waals surface area contributed by atoms with Crippen molar-refractivity contribution in [1.29, 1.82) is 0 Å².